The van der Waals surface area contributed by atoms with Crippen molar-refractivity contribution >= 4 is 70.1 Å². The summed E-state index contributed by atoms with van der Waals surface area (Å²) in [5, 5.41) is 7.87. The van der Waals surface area contributed by atoms with E-state index in [0.717, 1.165) is 17.1 Å². The van der Waals surface area contributed by atoms with Crippen molar-refractivity contribution in [2.45, 2.75) is 38.0 Å². The van der Waals surface area contributed by atoms with E-state index in [1.807, 2.05) is 11.3 Å². The van der Waals surface area contributed by atoms with E-state index in [1.54, 1.807) is 0 Å². The molecule has 0 unspecified atom stereocenters. The lowest BCUT2D eigenvalue weighted by molar-refractivity contribution is 0.445. The Morgan fingerprint density at radius 2 is 0.875 bits per heavy atom. The second kappa shape index (κ2) is 16.5. The first kappa shape index (κ1) is 38.4. The number of hydrogen-bond donors (Lipinski definition) is 0. The topological polar surface area (TPSA) is 3.24 Å². The molecule has 0 bridgehead atoms. The molecule has 10 aromatic carbocycles. The first-order chi connectivity index (χ1) is 31.8. The Labute approximate surface area is 379 Å². The molecule has 306 valence electrons. The van der Waals surface area contributed by atoms with Crippen LogP contribution >= 0.6 is 11.3 Å². The van der Waals surface area contributed by atoms with Gasteiger partial charge >= 0.3 is 0 Å². The first-order valence-corrected chi connectivity index (χ1v) is 23.7. The van der Waals surface area contributed by atoms with Gasteiger partial charge in [-0.3, -0.25) is 0 Å². The summed E-state index contributed by atoms with van der Waals surface area (Å²) in [4.78, 5) is 2.52. The minimum atomic E-state index is 0.582. The standard InChI is InChI=1S/C62H47NS/c1-2-16-45(17-3-1)51-27-13-20-47-21-14-28-55(61(47)51)52-23-6-9-31-58(52)63(59-32-10-7-24-53(59)56-29-15-30-57-54-25-8-11-33-60(54)64-62(56)57)48-40-38-43(39-41-48)42-34-36-46(37-35-42)50-26-12-19-44-18-4-5-22-49(44)50/h4-15,18-41,45H,1-3,16-17H2. The van der Waals surface area contributed by atoms with Crippen molar-refractivity contribution in [3.05, 3.63) is 224 Å². The third-order valence-electron chi connectivity index (χ3n) is 13.7. The minimum absolute atomic E-state index is 0.582. The highest BCUT2D eigenvalue weighted by molar-refractivity contribution is 7.26. The highest BCUT2D eigenvalue weighted by atomic mass is 32.1. The van der Waals surface area contributed by atoms with Gasteiger partial charge in [-0.05, 0) is 104 Å². The van der Waals surface area contributed by atoms with Crippen LogP contribution in [0, 0.1) is 0 Å². The predicted molar refractivity (Wildman–Crippen MR) is 277 cm³/mol. The first-order valence-electron chi connectivity index (χ1n) is 22.9. The number of anilines is 3. The smallest absolute Gasteiger partial charge is 0.0540 e. The molecule has 1 heterocycles. The Hall–Kier alpha value is -7.26. The SMILES string of the molecule is c1ccc(N(c2ccc(-c3ccc(-c4cccc5ccccc45)cc3)cc2)c2ccccc2-c2cccc3cccc(C4CCCCC4)c23)c(-c2cccc3c2sc2ccccc23)c1. The van der Waals surface area contributed by atoms with Crippen LogP contribution in [0.15, 0.2) is 218 Å². The monoisotopic (exact) mass is 837 g/mol. The lowest BCUT2D eigenvalue weighted by atomic mass is 9.80. The van der Waals surface area contributed by atoms with Gasteiger partial charge in [0.15, 0.2) is 0 Å². The van der Waals surface area contributed by atoms with Crippen LogP contribution in [0.3, 0.4) is 0 Å². The molecular formula is C62H47NS. The third-order valence-corrected chi connectivity index (χ3v) is 14.9. The molecule has 0 aliphatic heterocycles. The predicted octanol–water partition coefficient (Wildman–Crippen LogP) is 18.5. The number of rotatable bonds is 8. The van der Waals surface area contributed by atoms with Crippen LogP contribution in [0.1, 0.15) is 43.6 Å². The Balaban J connectivity index is 1.02. The van der Waals surface area contributed by atoms with E-state index in [4.69, 9.17) is 0 Å². The van der Waals surface area contributed by atoms with Crippen molar-refractivity contribution in [3.63, 3.8) is 0 Å². The summed E-state index contributed by atoms with van der Waals surface area (Å²) in [5.74, 6) is 0.582. The number of thiophene rings is 1. The second-order valence-electron chi connectivity index (χ2n) is 17.4. The Morgan fingerprint density at radius 1 is 0.359 bits per heavy atom. The van der Waals surface area contributed by atoms with Crippen LogP contribution in [-0.2, 0) is 0 Å². The number of hydrogen-bond acceptors (Lipinski definition) is 2. The van der Waals surface area contributed by atoms with E-state index >= 15 is 0 Å². The van der Waals surface area contributed by atoms with Crippen LogP contribution in [-0.4, -0.2) is 0 Å². The summed E-state index contributed by atoms with van der Waals surface area (Å²) < 4.78 is 2.63. The number of fused-ring (bicyclic) bond motifs is 5. The maximum atomic E-state index is 2.52. The molecule has 1 nitrogen and oxygen atoms in total. The maximum absolute atomic E-state index is 2.52. The fourth-order valence-electron chi connectivity index (χ4n) is 10.6. The molecule has 2 heteroatoms. The minimum Gasteiger partial charge on any atom is -0.309 e. The maximum Gasteiger partial charge on any atom is 0.0540 e. The van der Waals surface area contributed by atoms with Gasteiger partial charge < -0.3 is 4.90 Å². The van der Waals surface area contributed by atoms with Crippen molar-refractivity contribution < 1.29 is 0 Å². The zero-order chi connectivity index (χ0) is 42.4. The van der Waals surface area contributed by atoms with Gasteiger partial charge in [-0.15, -0.1) is 11.3 Å². The van der Waals surface area contributed by atoms with Crippen LogP contribution in [0.25, 0.3) is 86.2 Å². The van der Waals surface area contributed by atoms with E-state index in [9.17, 15) is 0 Å². The lowest BCUT2D eigenvalue weighted by Crippen LogP contribution is -2.12. The molecule has 0 amide bonds. The van der Waals surface area contributed by atoms with Gasteiger partial charge in [-0.25, -0.2) is 0 Å². The van der Waals surface area contributed by atoms with Gasteiger partial charge in [-0.2, -0.15) is 0 Å². The van der Waals surface area contributed by atoms with Gasteiger partial charge in [0.25, 0.3) is 0 Å². The average molecular weight is 838 g/mol. The molecule has 0 atom stereocenters. The van der Waals surface area contributed by atoms with Gasteiger partial charge in [-0.1, -0.05) is 207 Å². The average Bonchev–Trinajstić information content (AvgIpc) is 3.76. The summed E-state index contributed by atoms with van der Waals surface area (Å²) in [6, 6.07) is 81.2. The van der Waals surface area contributed by atoms with Crippen LogP contribution in [0.2, 0.25) is 0 Å². The highest BCUT2D eigenvalue weighted by Crippen LogP contribution is 2.50. The molecule has 0 spiro atoms. The quantitative estimate of drug-likeness (QED) is 0.147. The number of benzene rings is 10. The largest absolute Gasteiger partial charge is 0.309 e. The molecule has 64 heavy (non-hydrogen) atoms. The van der Waals surface area contributed by atoms with Crippen LogP contribution in [0.4, 0.5) is 17.1 Å². The summed E-state index contributed by atoms with van der Waals surface area (Å²) >= 11 is 1.89. The number of nitrogens with zero attached hydrogens (tertiary/aromatic N) is 1. The summed E-state index contributed by atoms with van der Waals surface area (Å²) in [7, 11) is 0. The zero-order valence-electron chi connectivity index (χ0n) is 35.8. The van der Waals surface area contributed by atoms with Crippen molar-refractivity contribution in [2.75, 3.05) is 4.90 Å². The van der Waals surface area contributed by atoms with Gasteiger partial charge in [0, 0.05) is 42.6 Å². The Bertz CT molecular complexity index is 3470. The molecule has 0 radical (unpaired) electrons. The van der Waals surface area contributed by atoms with Gasteiger partial charge in [0.1, 0.15) is 0 Å². The summed E-state index contributed by atoms with van der Waals surface area (Å²) in [5.41, 5.74) is 14.8. The molecule has 0 N–H and O–H groups in total. The molecule has 1 fully saturated rings. The van der Waals surface area contributed by atoms with Gasteiger partial charge in [0.05, 0.1) is 11.4 Å². The fourth-order valence-corrected chi connectivity index (χ4v) is 11.9. The molecule has 1 saturated carbocycles. The second-order valence-corrected chi connectivity index (χ2v) is 18.4. The highest BCUT2D eigenvalue weighted by Gasteiger charge is 2.25. The summed E-state index contributed by atoms with van der Waals surface area (Å²) in [6.07, 6.45) is 6.48. The van der Waals surface area contributed by atoms with Crippen molar-refractivity contribution in [2.24, 2.45) is 0 Å². The lowest BCUT2D eigenvalue weighted by Gasteiger charge is -2.31. The fraction of sp³-hybridized carbons (Fsp3) is 0.0968. The van der Waals surface area contributed by atoms with Crippen molar-refractivity contribution in [3.8, 4) is 44.5 Å². The van der Waals surface area contributed by atoms with Crippen molar-refractivity contribution in [1.29, 1.82) is 0 Å². The zero-order valence-corrected chi connectivity index (χ0v) is 36.6. The molecule has 1 aliphatic rings. The van der Waals surface area contributed by atoms with Crippen LogP contribution in [0.5, 0.6) is 0 Å². The van der Waals surface area contributed by atoms with Crippen molar-refractivity contribution in [1.82, 2.24) is 0 Å². The van der Waals surface area contributed by atoms with E-state index < -0.39 is 0 Å². The number of para-hydroxylation sites is 2. The third kappa shape index (κ3) is 6.78. The van der Waals surface area contributed by atoms with Gasteiger partial charge in [0.2, 0.25) is 0 Å². The molecule has 0 saturated heterocycles. The van der Waals surface area contributed by atoms with E-state index in [0.29, 0.717) is 5.92 Å². The summed E-state index contributed by atoms with van der Waals surface area (Å²) in [6.45, 7) is 0. The Morgan fingerprint density at radius 3 is 1.64 bits per heavy atom. The van der Waals surface area contributed by atoms with E-state index in [-0.39, 0.29) is 0 Å². The molecule has 11 aromatic rings. The normalized spacial score (nSPS) is 13.2. The van der Waals surface area contributed by atoms with E-state index in [1.165, 1.54) is 124 Å². The van der Waals surface area contributed by atoms with Crippen LogP contribution < -0.4 is 4.90 Å². The molecular weight excluding hydrogens is 791 g/mol. The van der Waals surface area contributed by atoms with E-state index in [2.05, 4.69) is 223 Å². The molecule has 1 aromatic heterocycles. The molecule has 1 aliphatic carbocycles. The molecule has 12 rings (SSSR count). The Kier molecular flexibility index (Phi) is 9.88.